The average molecular weight is 224 g/mol. The van der Waals surface area contributed by atoms with E-state index in [-0.39, 0.29) is 5.92 Å². The Bertz CT molecular complexity index is 216. The van der Waals surface area contributed by atoms with Crippen molar-refractivity contribution in [1.29, 1.82) is 5.26 Å². The summed E-state index contributed by atoms with van der Waals surface area (Å²) in [6.07, 6.45) is 3.63. The summed E-state index contributed by atoms with van der Waals surface area (Å²) in [7, 11) is 0. The van der Waals surface area contributed by atoms with Crippen LogP contribution < -0.4 is 5.32 Å². The van der Waals surface area contributed by atoms with Crippen LogP contribution in [0.25, 0.3) is 0 Å². The highest BCUT2D eigenvalue weighted by Gasteiger charge is 2.14. The molecule has 92 valence electrons. The quantitative estimate of drug-likeness (QED) is 0.703. The summed E-state index contributed by atoms with van der Waals surface area (Å²) in [5, 5.41) is 12.3. The first-order chi connectivity index (χ1) is 7.74. The van der Waals surface area contributed by atoms with Crippen LogP contribution in [0.3, 0.4) is 0 Å². The third-order valence-electron chi connectivity index (χ3n) is 3.41. The summed E-state index contributed by atoms with van der Waals surface area (Å²) in [5.41, 5.74) is 0. The van der Waals surface area contributed by atoms with Crippen LogP contribution in [-0.2, 0) is 4.74 Å². The minimum atomic E-state index is 0.148. The van der Waals surface area contributed by atoms with Gasteiger partial charge in [0.25, 0.3) is 0 Å². The van der Waals surface area contributed by atoms with Crippen LogP contribution in [0.15, 0.2) is 0 Å². The molecule has 1 unspecified atom stereocenters. The maximum absolute atomic E-state index is 8.94. The maximum Gasteiger partial charge on any atom is 0.0671 e. The van der Waals surface area contributed by atoms with E-state index in [9.17, 15) is 0 Å². The van der Waals surface area contributed by atoms with E-state index in [2.05, 4.69) is 25.2 Å². The predicted octanol–water partition coefficient (Wildman–Crippen LogP) is 2.19. The van der Waals surface area contributed by atoms with Gasteiger partial charge in [0.05, 0.1) is 12.0 Å². The molecule has 1 saturated heterocycles. The van der Waals surface area contributed by atoms with Crippen molar-refractivity contribution >= 4 is 0 Å². The minimum Gasteiger partial charge on any atom is -0.381 e. The summed E-state index contributed by atoms with van der Waals surface area (Å²) < 4.78 is 5.33. The Morgan fingerprint density at radius 2 is 2.06 bits per heavy atom. The molecule has 3 nitrogen and oxygen atoms in total. The van der Waals surface area contributed by atoms with Crippen LogP contribution in [0.4, 0.5) is 0 Å². The molecule has 1 fully saturated rings. The first-order valence-corrected chi connectivity index (χ1v) is 6.42. The Morgan fingerprint density at radius 3 is 2.62 bits per heavy atom. The van der Waals surface area contributed by atoms with E-state index in [4.69, 9.17) is 10.00 Å². The van der Waals surface area contributed by atoms with Crippen LogP contribution in [0, 0.1) is 29.1 Å². The monoisotopic (exact) mass is 224 g/mol. The average Bonchev–Trinajstić information content (AvgIpc) is 2.30. The molecule has 0 aromatic carbocycles. The SMILES string of the molecule is CC(C)C(C#N)CNCCC1CCOCC1. The minimum absolute atomic E-state index is 0.148. The summed E-state index contributed by atoms with van der Waals surface area (Å²) in [5.74, 6) is 1.41. The van der Waals surface area contributed by atoms with Crippen molar-refractivity contribution in [3.05, 3.63) is 0 Å². The molecule has 0 aliphatic carbocycles. The molecular weight excluding hydrogens is 200 g/mol. The first-order valence-electron chi connectivity index (χ1n) is 6.42. The number of nitriles is 1. The van der Waals surface area contributed by atoms with E-state index >= 15 is 0 Å². The van der Waals surface area contributed by atoms with Crippen molar-refractivity contribution in [2.75, 3.05) is 26.3 Å². The van der Waals surface area contributed by atoms with Crippen LogP contribution in [-0.4, -0.2) is 26.3 Å². The molecule has 1 N–H and O–H groups in total. The Hall–Kier alpha value is -0.590. The van der Waals surface area contributed by atoms with Gasteiger partial charge in [-0.1, -0.05) is 13.8 Å². The van der Waals surface area contributed by atoms with Crippen molar-refractivity contribution in [3.63, 3.8) is 0 Å². The number of rotatable bonds is 6. The zero-order valence-corrected chi connectivity index (χ0v) is 10.5. The molecule has 0 amide bonds. The highest BCUT2D eigenvalue weighted by Crippen LogP contribution is 2.17. The van der Waals surface area contributed by atoms with E-state index < -0.39 is 0 Å². The second kappa shape index (κ2) is 7.65. The summed E-state index contributed by atoms with van der Waals surface area (Å²) in [6.45, 7) is 7.93. The zero-order chi connectivity index (χ0) is 11.8. The first kappa shape index (κ1) is 13.5. The van der Waals surface area contributed by atoms with Gasteiger partial charge in [0.15, 0.2) is 0 Å². The fourth-order valence-electron chi connectivity index (χ4n) is 2.03. The molecular formula is C13H24N2O. The van der Waals surface area contributed by atoms with Gasteiger partial charge < -0.3 is 10.1 Å². The third kappa shape index (κ3) is 4.96. The molecule has 1 heterocycles. The number of nitrogens with one attached hydrogen (secondary N) is 1. The van der Waals surface area contributed by atoms with Gasteiger partial charge in [-0.15, -0.1) is 0 Å². The predicted molar refractivity (Wildman–Crippen MR) is 65.0 cm³/mol. The highest BCUT2D eigenvalue weighted by atomic mass is 16.5. The van der Waals surface area contributed by atoms with Crippen LogP contribution in [0.1, 0.15) is 33.1 Å². The lowest BCUT2D eigenvalue weighted by molar-refractivity contribution is 0.0639. The number of hydrogen-bond donors (Lipinski definition) is 1. The molecule has 3 heteroatoms. The van der Waals surface area contributed by atoms with Gasteiger partial charge in [-0.2, -0.15) is 5.26 Å². The van der Waals surface area contributed by atoms with E-state index in [1.54, 1.807) is 0 Å². The van der Waals surface area contributed by atoms with Crippen molar-refractivity contribution in [3.8, 4) is 6.07 Å². The number of ether oxygens (including phenoxy) is 1. The van der Waals surface area contributed by atoms with Crippen molar-refractivity contribution in [2.24, 2.45) is 17.8 Å². The molecule has 16 heavy (non-hydrogen) atoms. The van der Waals surface area contributed by atoms with Crippen LogP contribution in [0.2, 0.25) is 0 Å². The molecule has 0 aromatic heterocycles. The summed E-state index contributed by atoms with van der Waals surface area (Å²) >= 11 is 0. The Labute approximate surface area is 99.2 Å². The Kier molecular flexibility index (Phi) is 6.44. The highest BCUT2D eigenvalue weighted by molar-refractivity contribution is 4.86. The standard InChI is InChI=1S/C13H24N2O/c1-11(2)13(9-14)10-15-6-3-12-4-7-16-8-5-12/h11-13,15H,3-8,10H2,1-2H3. The van der Waals surface area contributed by atoms with E-state index in [1.165, 1.54) is 19.3 Å². The number of hydrogen-bond acceptors (Lipinski definition) is 3. The second-order valence-corrected chi connectivity index (χ2v) is 5.03. The summed E-state index contributed by atoms with van der Waals surface area (Å²) in [4.78, 5) is 0. The molecule has 0 radical (unpaired) electrons. The maximum atomic E-state index is 8.94. The number of nitrogens with zero attached hydrogens (tertiary/aromatic N) is 1. The summed E-state index contributed by atoms with van der Waals surface area (Å²) in [6, 6.07) is 2.36. The zero-order valence-electron chi connectivity index (χ0n) is 10.5. The Morgan fingerprint density at radius 1 is 1.38 bits per heavy atom. The third-order valence-corrected chi connectivity index (χ3v) is 3.41. The normalized spacial score (nSPS) is 19.6. The van der Waals surface area contributed by atoms with Crippen molar-refractivity contribution in [2.45, 2.75) is 33.1 Å². The lowest BCUT2D eigenvalue weighted by Crippen LogP contribution is -2.28. The smallest absolute Gasteiger partial charge is 0.0671 e. The fourth-order valence-corrected chi connectivity index (χ4v) is 2.03. The second-order valence-electron chi connectivity index (χ2n) is 5.03. The van der Waals surface area contributed by atoms with Gasteiger partial charge in [-0.25, -0.2) is 0 Å². The van der Waals surface area contributed by atoms with E-state index in [0.717, 1.165) is 32.2 Å². The molecule has 1 rings (SSSR count). The Balaban J connectivity index is 2.04. The van der Waals surface area contributed by atoms with Gasteiger partial charge in [0, 0.05) is 19.8 Å². The molecule has 0 aromatic rings. The molecule has 0 spiro atoms. The topological polar surface area (TPSA) is 45.0 Å². The van der Waals surface area contributed by atoms with E-state index in [1.807, 2.05) is 0 Å². The fraction of sp³-hybridized carbons (Fsp3) is 0.923. The van der Waals surface area contributed by atoms with Gasteiger partial charge in [-0.3, -0.25) is 0 Å². The van der Waals surface area contributed by atoms with Crippen LogP contribution in [0.5, 0.6) is 0 Å². The van der Waals surface area contributed by atoms with Crippen molar-refractivity contribution < 1.29 is 4.74 Å². The molecule has 0 saturated carbocycles. The van der Waals surface area contributed by atoms with Gasteiger partial charge >= 0.3 is 0 Å². The lowest BCUT2D eigenvalue weighted by atomic mass is 9.95. The van der Waals surface area contributed by atoms with Crippen molar-refractivity contribution in [1.82, 2.24) is 5.32 Å². The van der Waals surface area contributed by atoms with Gasteiger partial charge in [-0.05, 0) is 37.6 Å². The molecule has 1 aliphatic heterocycles. The largest absolute Gasteiger partial charge is 0.381 e. The van der Waals surface area contributed by atoms with E-state index in [0.29, 0.717) is 5.92 Å². The molecule has 0 bridgehead atoms. The molecule has 1 aliphatic rings. The lowest BCUT2D eigenvalue weighted by Gasteiger charge is -2.22. The van der Waals surface area contributed by atoms with Crippen LogP contribution >= 0.6 is 0 Å². The molecule has 1 atom stereocenters. The van der Waals surface area contributed by atoms with Gasteiger partial charge in [0.1, 0.15) is 0 Å². The van der Waals surface area contributed by atoms with Gasteiger partial charge in [0.2, 0.25) is 0 Å².